The summed E-state index contributed by atoms with van der Waals surface area (Å²) in [5, 5.41) is 2.86. The number of nitrogens with one attached hydrogen (secondary N) is 1. The van der Waals surface area contributed by atoms with Gasteiger partial charge in [-0.2, -0.15) is 0 Å². The Morgan fingerprint density at radius 1 is 1.15 bits per heavy atom. The van der Waals surface area contributed by atoms with Crippen LogP contribution in [-0.2, 0) is 4.79 Å². The molecule has 3 aromatic rings. The van der Waals surface area contributed by atoms with Crippen LogP contribution in [0.1, 0.15) is 31.2 Å². The van der Waals surface area contributed by atoms with E-state index in [4.69, 9.17) is 4.42 Å². The molecule has 0 atom stereocenters. The summed E-state index contributed by atoms with van der Waals surface area (Å²) in [4.78, 5) is 18.6. The number of rotatable bonds is 5. The molecule has 0 aliphatic heterocycles. The van der Waals surface area contributed by atoms with Gasteiger partial charge in [-0.25, -0.2) is 4.98 Å². The minimum absolute atomic E-state index is 0.186. The van der Waals surface area contributed by atoms with Gasteiger partial charge in [0.1, 0.15) is 5.52 Å². The Morgan fingerprint density at radius 2 is 1.88 bits per heavy atom. The second-order valence-electron chi connectivity index (χ2n) is 6.70. The fourth-order valence-electron chi connectivity index (χ4n) is 2.51. The second-order valence-corrected chi connectivity index (χ2v) is 6.70. The first kappa shape index (κ1) is 17.7. The quantitative estimate of drug-likeness (QED) is 0.680. The smallest absolute Gasteiger partial charge is 0.248 e. The number of carbonyl (C=O) groups is 1. The Labute approximate surface area is 153 Å². The van der Waals surface area contributed by atoms with E-state index in [0.717, 1.165) is 22.4 Å². The van der Waals surface area contributed by atoms with E-state index < -0.39 is 0 Å². The lowest BCUT2D eigenvalue weighted by Gasteiger charge is -2.11. The number of hydrogen-bond acceptors (Lipinski definition) is 4. The number of nitrogens with zero attached hydrogens (tertiary/aromatic N) is 2. The van der Waals surface area contributed by atoms with Crippen molar-refractivity contribution in [3.8, 4) is 0 Å². The summed E-state index contributed by atoms with van der Waals surface area (Å²) < 4.78 is 5.68. The topological polar surface area (TPSA) is 58.4 Å². The van der Waals surface area contributed by atoms with Crippen molar-refractivity contribution in [3.63, 3.8) is 0 Å². The lowest BCUT2D eigenvalue weighted by atomic mass is 10.2. The normalized spacial score (nSPS) is 11.4. The SMILES string of the molecule is CC(C)c1nc2cc(NC(=O)C=Cc3ccc(N(C)C)cc3)ccc2o1. The van der Waals surface area contributed by atoms with Gasteiger partial charge in [0.15, 0.2) is 11.5 Å². The zero-order valence-corrected chi connectivity index (χ0v) is 15.5. The summed E-state index contributed by atoms with van der Waals surface area (Å²) in [5.41, 5.74) is 4.25. The van der Waals surface area contributed by atoms with Crippen LogP contribution in [0.25, 0.3) is 17.2 Å². The fourth-order valence-corrected chi connectivity index (χ4v) is 2.51. The third kappa shape index (κ3) is 4.11. The molecule has 2 aromatic carbocycles. The number of benzene rings is 2. The monoisotopic (exact) mass is 349 g/mol. The van der Waals surface area contributed by atoms with Crippen molar-refractivity contribution in [2.24, 2.45) is 0 Å². The molecule has 0 bridgehead atoms. The van der Waals surface area contributed by atoms with Gasteiger partial charge in [0.2, 0.25) is 5.91 Å². The number of fused-ring (bicyclic) bond motifs is 1. The van der Waals surface area contributed by atoms with Gasteiger partial charge in [0.05, 0.1) is 0 Å². The van der Waals surface area contributed by atoms with Crippen molar-refractivity contribution in [2.75, 3.05) is 24.3 Å². The van der Waals surface area contributed by atoms with Crippen molar-refractivity contribution in [3.05, 3.63) is 60.0 Å². The number of anilines is 2. The minimum Gasteiger partial charge on any atom is -0.440 e. The van der Waals surface area contributed by atoms with E-state index in [2.05, 4.69) is 10.3 Å². The summed E-state index contributed by atoms with van der Waals surface area (Å²) in [6.45, 7) is 4.06. The largest absolute Gasteiger partial charge is 0.440 e. The molecule has 0 spiro atoms. The van der Waals surface area contributed by atoms with Gasteiger partial charge < -0.3 is 14.6 Å². The van der Waals surface area contributed by atoms with E-state index >= 15 is 0 Å². The third-order valence-electron chi connectivity index (χ3n) is 4.00. The molecule has 3 rings (SSSR count). The number of carbonyl (C=O) groups excluding carboxylic acids is 1. The fraction of sp³-hybridized carbons (Fsp3) is 0.238. The number of aromatic nitrogens is 1. The summed E-state index contributed by atoms with van der Waals surface area (Å²) in [5.74, 6) is 0.736. The Hall–Kier alpha value is -3.08. The zero-order chi connectivity index (χ0) is 18.7. The molecule has 1 aromatic heterocycles. The Bertz CT molecular complexity index is 938. The first-order valence-electron chi connectivity index (χ1n) is 8.59. The highest BCUT2D eigenvalue weighted by atomic mass is 16.3. The predicted octanol–water partition coefficient (Wildman–Crippen LogP) is 4.67. The summed E-state index contributed by atoms with van der Waals surface area (Å²) in [6, 6.07) is 13.5. The number of oxazole rings is 1. The molecule has 0 unspecified atom stereocenters. The minimum atomic E-state index is -0.186. The molecule has 1 N–H and O–H groups in total. The van der Waals surface area contributed by atoms with E-state index in [-0.39, 0.29) is 11.8 Å². The van der Waals surface area contributed by atoms with Gasteiger partial charge in [-0.15, -0.1) is 0 Å². The van der Waals surface area contributed by atoms with Crippen LogP contribution in [0.5, 0.6) is 0 Å². The van der Waals surface area contributed by atoms with Crippen LogP contribution in [0, 0.1) is 0 Å². The first-order chi connectivity index (χ1) is 12.4. The summed E-state index contributed by atoms with van der Waals surface area (Å²) in [6.07, 6.45) is 3.32. The van der Waals surface area contributed by atoms with Crippen LogP contribution in [0.2, 0.25) is 0 Å². The van der Waals surface area contributed by atoms with E-state index in [1.165, 1.54) is 6.08 Å². The van der Waals surface area contributed by atoms with Crippen LogP contribution in [0.15, 0.2) is 53.0 Å². The molecular formula is C21H23N3O2. The molecule has 134 valence electrons. The van der Waals surface area contributed by atoms with Crippen molar-refractivity contribution in [1.82, 2.24) is 4.98 Å². The molecule has 26 heavy (non-hydrogen) atoms. The third-order valence-corrected chi connectivity index (χ3v) is 4.00. The van der Waals surface area contributed by atoms with Crippen LogP contribution in [0.4, 0.5) is 11.4 Å². The highest BCUT2D eigenvalue weighted by Gasteiger charge is 2.10. The second kappa shape index (κ2) is 7.44. The van der Waals surface area contributed by atoms with E-state index in [9.17, 15) is 4.79 Å². The van der Waals surface area contributed by atoms with Gasteiger partial charge in [0, 0.05) is 37.5 Å². The summed E-state index contributed by atoms with van der Waals surface area (Å²) >= 11 is 0. The maximum absolute atomic E-state index is 12.2. The Morgan fingerprint density at radius 3 is 2.54 bits per heavy atom. The molecule has 0 aliphatic rings. The number of amides is 1. The molecule has 1 heterocycles. The highest BCUT2D eigenvalue weighted by Crippen LogP contribution is 2.23. The van der Waals surface area contributed by atoms with E-state index in [1.54, 1.807) is 6.08 Å². The van der Waals surface area contributed by atoms with Crippen molar-refractivity contribution in [1.29, 1.82) is 0 Å². The van der Waals surface area contributed by atoms with Crippen LogP contribution in [0.3, 0.4) is 0 Å². The standard InChI is InChI=1S/C21H23N3O2/c1-14(2)21-23-18-13-16(8-11-19(18)26-21)22-20(25)12-7-15-5-9-17(10-6-15)24(3)4/h5-14H,1-4H3,(H,22,25). The van der Waals surface area contributed by atoms with Gasteiger partial charge in [-0.05, 0) is 42.0 Å². The molecule has 0 fully saturated rings. The highest BCUT2D eigenvalue weighted by molar-refractivity contribution is 6.02. The molecular weight excluding hydrogens is 326 g/mol. The summed E-state index contributed by atoms with van der Waals surface area (Å²) in [7, 11) is 3.99. The van der Waals surface area contributed by atoms with E-state index in [0.29, 0.717) is 11.6 Å². The molecule has 0 aliphatic carbocycles. The molecule has 0 radical (unpaired) electrons. The van der Waals surface area contributed by atoms with Crippen LogP contribution < -0.4 is 10.2 Å². The molecule has 5 nitrogen and oxygen atoms in total. The molecule has 1 amide bonds. The molecule has 5 heteroatoms. The van der Waals surface area contributed by atoms with Crippen molar-refractivity contribution in [2.45, 2.75) is 19.8 Å². The Balaban J connectivity index is 1.68. The zero-order valence-electron chi connectivity index (χ0n) is 15.5. The van der Waals surface area contributed by atoms with Gasteiger partial charge >= 0.3 is 0 Å². The average Bonchev–Trinajstić information content (AvgIpc) is 3.04. The lowest BCUT2D eigenvalue weighted by Crippen LogP contribution is -2.08. The first-order valence-corrected chi connectivity index (χ1v) is 8.59. The lowest BCUT2D eigenvalue weighted by molar-refractivity contribution is -0.111. The predicted molar refractivity (Wildman–Crippen MR) is 107 cm³/mol. The van der Waals surface area contributed by atoms with Gasteiger partial charge in [0.25, 0.3) is 0 Å². The average molecular weight is 349 g/mol. The number of hydrogen-bond donors (Lipinski definition) is 1. The van der Waals surface area contributed by atoms with Gasteiger partial charge in [-0.1, -0.05) is 26.0 Å². The van der Waals surface area contributed by atoms with E-state index in [1.807, 2.05) is 75.3 Å². The maximum Gasteiger partial charge on any atom is 0.248 e. The maximum atomic E-state index is 12.2. The van der Waals surface area contributed by atoms with Crippen LogP contribution in [-0.4, -0.2) is 25.0 Å². The van der Waals surface area contributed by atoms with Crippen molar-refractivity contribution >= 4 is 34.5 Å². The molecule has 0 saturated heterocycles. The Kier molecular flexibility index (Phi) is 5.07. The van der Waals surface area contributed by atoms with Gasteiger partial charge in [-0.3, -0.25) is 4.79 Å². The van der Waals surface area contributed by atoms with Crippen molar-refractivity contribution < 1.29 is 9.21 Å². The van der Waals surface area contributed by atoms with Crippen LogP contribution >= 0.6 is 0 Å². The molecule has 0 saturated carbocycles.